The van der Waals surface area contributed by atoms with Crippen LogP contribution in [-0.4, -0.2) is 16.5 Å². The minimum absolute atomic E-state index is 0.0893. The molecule has 0 bridgehead atoms. The smallest absolute Gasteiger partial charge is 0.142 e. The molecular weight excluding hydrogens is 237 g/mol. The van der Waals surface area contributed by atoms with Gasteiger partial charge in [0, 0.05) is 22.3 Å². The summed E-state index contributed by atoms with van der Waals surface area (Å²) in [6.45, 7) is 0.528. The van der Waals surface area contributed by atoms with Crippen molar-refractivity contribution in [2.75, 3.05) is 12.3 Å². The minimum atomic E-state index is -0.976. The fourth-order valence-electron chi connectivity index (χ4n) is 1.13. The van der Waals surface area contributed by atoms with Gasteiger partial charge in [-0.25, -0.2) is 4.39 Å². The molecule has 1 rings (SSSR count). The highest BCUT2D eigenvalue weighted by Gasteiger charge is 2.04. The van der Waals surface area contributed by atoms with Crippen molar-refractivity contribution < 1.29 is 8.60 Å². The molecule has 0 fully saturated rings. The molecular formula is C10H13ClFNOS. The highest BCUT2D eigenvalue weighted by atomic mass is 35.5. The van der Waals surface area contributed by atoms with Gasteiger partial charge in [-0.2, -0.15) is 0 Å². The van der Waals surface area contributed by atoms with E-state index in [1.165, 1.54) is 12.1 Å². The number of nitrogens with two attached hydrogens (primary N) is 1. The largest absolute Gasteiger partial charge is 0.330 e. The molecule has 0 amide bonds. The number of hydrogen-bond acceptors (Lipinski definition) is 2. The fourth-order valence-corrected chi connectivity index (χ4v) is 2.43. The van der Waals surface area contributed by atoms with Gasteiger partial charge in [-0.3, -0.25) is 4.21 Å². The summed E-state index contributed by atoms with van der Waals surface area (Å²) in [5, 5.41) is 0.0893. The molecule has 1 aromatic carbocycles. The predicted molar refractivity (Wildman–Crippen MR) is 61.8 cm³/mol. The summed E-state index contributed by atoms with van der Waals surface area (Å²) >= 11 is 5.53. The molecule has 1 unspecified atom stereocenters. The van der Waals surface area contributed by atoms with Gasteiger partial charge < -0.3 is 5.73 Å². The van der Waals surface area contributed by atoms with E-state index in [0.29, 0.717) is 23.6 Å². The van der Waals surface area contributed by atoms with Gasteiger partial charge in [-0.15, -0.1) is 0 Å². The van der Waals surface area contributed by atoms with Crippen molar-refractivity contribution in [1.29, 1.82) is 0 Å². The van der Waals surface area contributed by atoms with Crippen LogP contribution in [0.2, 0.25) is 5.02 Å². The Hall–Kier alpha value is -0.450. The van der Waals surface area contributed by atoms with E-state index in [0.717, 1.165) is 6.42 Å². The summed E-state index contributed by atoms with van der Waals surface area (Å²) in [5.41, 5.74) is 6.00. The van der Waals surface area contributed by atoms with Crippen LogP contribution in [0.3, 0.4) is 0 Å². The van der Waals surface area contributed by atoms with E-state index in [2.05, 4.69) is 0 Å². The second kappa shape index (κ2) is 6.20. The molecule has 0 saturated heterocycles. The molecule has 0 saturated carbocycles. The first-order chi connectivity index (χ1) is 7.13. The lowest BCUT2D eigenvalue weighted by molar-refractivity contribution is 0.626. The first-order valence-corrected chi connectivity index (χ1v) is 6.49. The third-order valence-electron chi connectivity index (χ3n) is 1.89. The van der Waals surface area contributed by atoms with Gasteiger partial charge in [-0.05, 0) is 30.7 Å². The van der Waals surface area contributed by atoms with Crippen molar-refractivity contribution in [2.45, 2.75) is 12.2 Å². The highest BCUT2D eigenvalue weighted by molar-refractivity contribution is 7.84. The monoisotopic (exact) mass is 249 g/mol. The normalized spacial score (nSPS) is 12.7. The van der Waals surface area contributed by atoms with Crippen molar-refractivity contribution in [3.05, 3.63) is 34.6 Å². The summed E-state index contributed by atoms with van der Waals surface area (Å²) in [6, 6.07) is 4.49. The van der Waals surface area contributed by atoms with Gasteiger partial charge in [0.1, 0.15) is 5.82 Å². The Balaban J connectivity index is 2.57. The van der Waals surface area contributed by atoms with Crippen LogP contribution in [-0.2, 0) is 16.6 Å². The van der Waals surface area contributed by atoms with Crippen LogP contribution in [0, 0.1) is 5.82 Å². The van der Waals surface area contributed by atoms with E-state index >= 15 is 0 Å². The summed E-state index contributed by atoms with van der Waals surface area (Å²) in [6.07, 6.45) is 0.725. The van der Waals surface area contributed by atoms with Crippen molar-refractivity contribution in [3.8, 4) is 0 Å². The van der Waals surface area contributed by atoms with E-state index in [4.69, 9.17) is 17.3 Å². The molecule has 15 heavy (non-hydrogen) atoms. The lowest BCUT2D eigenvalue weighted by Gasteiger charge is -2.02. The van der Waals surface area contributed by atoms with Gasteiger partial charge in [-0.1, -0.05) is 17.7 Å². The molecule has 84 valence electrons. The molecule has 1 atom stereocenters. The molecule has 0 heterocycles. The Morgan fingerprint density at radius 2 is 2.20 bits per heavy atom. The second-order valence-electron chi connectivity index (χ2n) is 3.18. The number of benzene rings is 1. The quantitative estimate of drug-likeness (QED) is 0.868. The van der Waals surface area contributed by atoms with Gasteiger partial charge in [0.2, 0.25) is 0 Å². The minimum Gasteiger partial charge on any atom is -0.330 e. The average molecular weight is 250 g/mol. The van der Waals surface area contributed by atoms with Gasteiger partial charge >= 0.3 is 0 Å². The molecule has 0 aliphatic carbocycles. The van der Waals surface area contributed by atoms with Crippen LogP contribution < -0.4 is 5.73 Å². The Kier molecular flexibility index (Phi) is 5.22. The van der Waals surface area contributed by atoms with Gasteiger partial charge in [0.05, 0.1) is 5.02 Å². The second-order valence-corrected chi connectivity index (χ2v) is 5.16. The summed E-state index contributed by atoms with van der Waals surface area (Å²) < 4.78 is 24.5. The van der Waals surface area contributed by atoms with Crippen LogP contribution in [0.4, 0.5) is 4.39 Å². The van der Waals surface area contributed by atoms with Gasteiger partial charge in [0.15, 0.2) is 0 Å². The summed E-state index contributed by atoms with van der Waals surface area (Å²) in [7, 11) is -0.976. The highest BCUT2D eigenvalue weighted by Crippen LogP contribution is 2.16. The maximum atomic E-state index is 13.0. The number of hydrogen-bond donors (Lipinski definition) is 1. The van der Waals surface area contributed by atoms with E-state index in [9.17, 15) is 8.60 Å². The SMILES string of the molecule is NCCCS(=O)Cc1ccc(Cl)c(F)c1. The van der Waals surface area contributed by atoms with Crippen LogP contribution in [0.15, 0.2) is 18.2 Å². The van der Waals surface area contributed by atoms with Crippen LogP contribution in [0.5, 0.6) is 0 Å². The third kappa shape index (κ3) is 4.28. The van der Waals surface area contributed by atoms with Crippen LogP contribution >= 0.6 is 11.6 Å². The molecule has 0 aliphatic rings. The number of rotatable bonds is 5. The maximum Gasteiger partial charge on any atom is 0.142 e. The molecule has 1 aromatic rings. The topological polar surface area (TPSA) is 43.1 Å². The van der Waals surface area contributed by atoms with Crippen LogP contribution in [0.1, 0.15) is 12.0 Å². The zero-order valence-electron chi connectivity index (χ0n) is 8.21. The molecule has 0 aliphatic heterocycles. The first kappa shape index (κ1) is 12.6. The molecule has 0 radical (unpaired) electrons. The standard InChI is InChI=1S/C10H13ClFNOS/c11-9-3-2-8(6-10(9)12)7-15(14)5-1-4-13/h2-3,6H,1,4-5,7,13H2. The van der Waals surface area contributed by atoms with E-state index in [1.54, 1.807) is 6.07 Å². The first-order valence-electron chi connectivity index (χ1n) is 4.62. The van der Waals surface area contributed by atoms with Crippen molar-refractivity contribution in [3.63, 3.8) is 0 Å². The zero-order valence-corrected chi connectivity index (χ0v) is 9.78. The van der Waals surface area contributed by atoms with E-state index < -0.39 is 16.6 Å². The zero-order chi connectivity index (χ0) is 11.3. The fraction of sp³-hybridized carbons (Fsp3) is 0.400. The Labute approximate surface area is 96.1 Å². The lowest BCUT2D eigenvalue weighted by atomic mass is 10.2. The van der Waals surface area contributed by atoms with Gasteiger partial charge in [0.25, 0.3) is 0 Å². The molecule has 2 nitrogen and oxygen atoms in total. The third-order valence-corrected chi connectivity index (χ3v) is 3.59. The van der Waals surface area contributed by atoms with E-state index in [-0.39, 0.29) is 5.02 Å². The lowest BCUT2D eigenvalue weighted by Crippen LogP contribution is -2.07. The Morgan fingerprint density at radius 1 is 1.47 bits per heavy atom. The molecule has 0 spiro atoms. The molecule has 5 heteroatoms. The molecule has 2 N–H and O–H groups in total. The Morgan fingerprint density at radius 3 is 2.80 bits per heavy atom. The summed E-state index contributed by atoms with van der Waals surface area (Å²) in [4.78, 5) is 0. The van der Waals surface area contributed by atoms with Crippen molar-refractivity contribution in [1.82, 2.24) is 0 Å². The molecule has 0 aromatic heterocycles. The maximum absolute atomic E-state index is 13.0. The van der Waals surface area contributed by atoms with Crippen molar-refractivity contribution in [2.24, 2.45) is 5.73 Å². The average Bonchev–Trinajstić information content (AvgIpc) is 2.20. The van der Waals surface area contributed by atoms with Crippen molar-refractivity contribution >= 4 is 22.4 Å². The summed E-state index contributed by atoms with van der Waals surface area (Å²) in [5.74, 6) is 0.444. The Bertz CT molecular complexity index is 359. The number of halogens is 2. The predicted octanol–water partition coefficient (Wildman–Crippen LogP) is 2.08. The van der Waals surface area contributed by atoms with Crippen LogP contribution in [0.25, 0.3) is 0 Å². The van der Waals surface area contributed by atoms with E-state index in [1.807, 2.05) is 0 Å².